The number of aliphatic hydroxyl groups is 1. The molecule has 2 heterocycles. The maximum absolute atomic E-state index is 13.7. The number of carbonyl (C=O) groups is 3. The lowest BCUT2D eigenvalue weighted by Gasteiger charge is -2.53. The van der Waals surface area contributed by atoms with E-state index >= 15 is 0 Å². The Morgan fingerprint density at radius 2 is 1.48 bits per heavy atom. The van der Waals surface area contributed by atoms with Crippen LogP contribution in [0.2, 0.25) is 69.5 Å². The minimum atomic E-state index is -2.07. The number of ether oxygens (including phenoxy) is 5. The Kier molecular flexibility index (Phi) is 22.7. The number of aliphatic hydroxyl groups excluding tert-OH is 1. The maximum atomic E-state index is 13.7. The van der Waals surface area contributed by atoms with Gasteiger partial charge in [0.2, 0.25) is 0 Å². The first kappa shape index (κ1) is 57.0. The van der Waals surface area contributed by atoms with Crippen LogP contribution in [0.5, 0.6) is 0 Å². The molecule has 0 unspecified atom stereocenters. The van der Waals surface area contributed by atoms with E-state index in [9.17, 15) is 19.5 Å². The van der Waals surface area contributed by atoms with Crippen molar-refractivity contribution in [1.82, 2.24) is 0 Å². The molecule has 10 nitrogen and oxygen atoms in total. The Hall–Kier alpha value is -2.14. The van der Waals surface area contributed by atoms with E-state index in [0.717, 1.165) is 36.9 Å². The molecule has 0 bridgehead atoms. The van der Waals surface area contributed by atoms with Gasteiger partial charge in [-0.1, -0.05) is 123 Å². The third-order valence-corrected chi connectivity index (χ3v) is 20.9. The molecule has 0 aromatic rings. The van der Waals surface area contributed by atoms with Gasteiger partial charge in [0.25, 0.3) is 0 Å². The zero-order valence-corrected chi connectivity index (χ0v) is 45.6. The Balaban J connectivity index is 2.40. The van der Waals surface area contributed by atoms with Crippen LogP contribution in [-0.4, -0.2) is 97.0 Å². The van der Waals surface area contributed by atoms with Gasteiger partial charge in [-0.3, -0.25) is 9.59 Å². The molecule has 0 radical (unpaired) electrons. The van der Waals surface area contributed by atoms with Crippen molar-refractivity contribution in [2.24, 2.45) is 11.8 Å². The lowest BCUT2D eigenvalue weighted by molar-refractivity contribution is -0.344. The van der Waals surface area contributed by atoms with E-state index in [-0.39, 0.29) is 54.5 Å². The monoisotopic (exact) mass is 935 g/mol. The first-order valence-corrected chi connectivity index (χ1v) is 34.3. The third-order valence-electron chi connectivity index (χ3n) is 13.0. The molecule has 0 aliphatic carbocycles. The van der Waals surface area contributed by atoms with Gasteiger partial charge in [0.05, 0.1) is 38.3 Å². The second kappa shape index (κ2) is 25.1. The van der Waals surface area contributed by atoms with Crippen LogP contribution in [0.25, 0.3) is 0 Å². The van der Waals surface area contributed by atoms with E-state index in [0.29, 0.717) is 50.9 Å². The van der Waals surface area contributed by atoms with Crippen molar-refractivity contribution in [3.05, 3.63) is 47.6 Å². The number of rotatable bonds is 24. The molecule has 2 rings (SSSR count). The van der Waals surface area contributed by atoms with Crippen molar-refractivity contribution in [2.45, 2.75) is 219 Å². The normalized spacial score (nSPS) is 25.4. The summed E-state index contributed by atoms with van der Waals surface area (Å²) < 4.78 is 38.3. The highest BCUT2D eigenvalue weighted by Gasteiger charge is 2.54. The highest BCUT2D eigenvalue weighted by molar-refractivity contribution is 6.76. The van der Waals surface area contributed by atoms with Crippen molar-refractivity contribution in [3.8, 4) is 0 Å². The SMILES string of the molecule is CCCC[C@@]1(OC(=O)CCC(=O)OCC[Si](C)(C)C)CC[C@]2(CC[C@H](C)[C@@H](C/C=C(C)/C=C/[C@H](O[Si](C)(C)C(C)(C)C)[C@@H](C)CO)O2)O[C@H]1/C=C/C(C)=C/C(=O)OCC[Si](C)(C)C. The predicted molar refractivity (Wildman–Crippen MR) is 265 cm³/mol. The summed E-state index contributed by atoms with van der Waals surface area (Å²) in [5.74, 6) is -1.87. The summed E-state index contributed by atoms with van der Waals surface area (Å²) >= 11 is 0. The summed E-state index contributed by atoms with van der Waals surface area (Å²) in [6.07, 6.45) is 16.2. The highest BCUT2D eigenvalue weighted by atomic mass is 28.4. The fourth-order valence-corrected chi connectivity index (χ4v) is 10.0. The van der Waals surface area contributed by atoms with E-state index in [4.69, 9.17) is 28.1 Å². The average molecular weight is 936 g/mol. The second-order valence-corrected chi connectivity index (χ2v) is 38.6. The first-order chi connectivity index (χ1) is 29.0. The van der Waals surface area contributed by atoms with E-state index in [2.05, 4.69) is 112 Å². The van der Waals surface area contributed by atoms with Gasteiger partial charge in [0.15, 0.2) is 14.1 Å². The maximum Gasteiger partial charge on any atom is 0.330 e. The third kappa shape index (κ3) is 20.5. The lowest BCUT2D eigenvalue weighted by atomic mass is 9.78. The fraction of sp³-hybridized carbons (Fsp3) is 0.780. The second-order valence-electron chi connectivity index (χ2n) is 22.6. The highest BCUT2D eigenvalue weighted by Crippen LogP contribution is 2.48. The number of allylic oxidation sites excluding steroid dienone is 4. The zero-order chi connectivity index (χ0) is 47.9. The number of unbranched alkanes of at least 4 members (excludes halogenated alkanes) is 1. The number of hydrogen-bond donors (Lipinski definition) is 1. The minimum absolute atomic E-state index is 0.0343. The molecule has 2 aliphatic rings. The van der Waals surface area contributed by atoms with Gasteiger partial charge in [-0.15, -0.1) is 0 Å². The van der Waals surface area contributed by atoms with Crippen LogP contribution < -0.4 is 0 Å². The van der Waals surface area contributed by atoms with E-state index in [1.54, 1.807) is 0 Å². The first-order valence-electron chi connectivity index (χ1n) is 23.9. The van der Waals surface area contributed by atoms with Gasteiger partial charge in [-0.05, 0) is 87.7 Å². The topological polar surface area (TPSA) is 127 Å². The largest absolute Gasteiger partial charge is 0.466 e. The van der Waals surface area contributed by atoms with Gasteiger partial charge in [0.1, 0.15) is 11.7 Å². The molecule has 13 heteroatoms. The summed E-state index contributed by atoms with van der Waals surface area (Å²) in [5.41, 5.74) is 0.798. The standard InChI is InChI=1S/C50H90O10Si3/c1-17-18-28-49(59-46(53)26-25-45(52)55-32-34-61(9,10)11)30-31-50(58-44(49)24-21-39(3)36-47(54)56-33-35-62(12,13)14)29-27-40(4)42(57-50)22-19-38(2)20-23-43(41(5)37-51)60-63(15,16)48(6,7)8/h19-21,23-24,36,40-44,51H,17-18,22,25-35,37H2,1-16H3/b23-20+,24-21+,38-19+,39-36+/t40-,41-,42+,43-,44-,49+,50-/m0/s1. The Morgan fingerprint density at radius 1 is 0.857 bits per heavy atom. The molecular formula is C50H90O10Si3. The molecular weight excluding hydrogens is 845 g/mol. The molecule has 0 aromatic carbocycles. The number of hydrogen-bond acceptors (Lipinski definition) is 10. The van der Waals surface area contributed by atoms with Gasteiger partial charge in [0, 0.05) is 47.6 Å². The van der Waals surface area contributed by atoms with E-state index in [1.807, 2.05) is 26.0 Å². The van der Waals surface area contributed by atoms with Crippen LogP contribution in [-0.2, 0) is 42.5 Å². The summed E-state index contributed by atoms with van der Waals surface area (Å²) in [7, 11) is -4.79. The van der Waals surface area contributed by atoms with Gasteiger partial charge < -0.3 is 33.2 Å². The summed E-state index contributed by atoms with van der Waals surface area (Å²) in [4.78, 5) is 39.1. The van der Waals surface area contributed by atoms with Gasteiger partial charge >= 0.3 is 17.9 Å². The Labute approximate surface area is 386 Å². The summed E-state index contributed by atoms with van der Waals surface area (Å²) in [6.45, 7) is 35.7. The Morgan fingerprint density at radius 3 is 2.06 bits per heavy atom. The van der Waals surface area contributed by atoms with Crippen LogP contribution >= 0.6 is 0 Å². The van der Waals surface area contributed by atoms with Crippen molar-refractivity contribution in [1.29, 1.82) is 0 Å². The molecule has 7 atom stereocenters. The van der Waals surface area contributed by atoms with Crippen LogP contribution in [0.4, 0.5) is 0 Å². The summed E-state index contributed by atoms with van der Waals surface area (Å²) in [6, 6.07) is 1.76. The van der Waals surface area contributed by atoms with Gasteiger partial charge in [-0.2, -0.15) is 0 Å². The smallest absolute Gasteiger partial charge is 0.330 e. The predicted octanol–water partition coefficient (Wildman–Crippen LogP) is 12.1. The molecule has 1 spiro atoms. The molecule has 2 saturated heterocycles. The minimum Gasteiger partial charge on any atom is -0.466 e. The summed E-state index contributed by atoms with van der Waals surface area (Å²) in [5, 5.41) is 10.1. The van der Waals surface area contributed by atoms with Crippen molar-refractivity contribution >= 4 is 42.4 Å². The van der Waals surface area contributed by atoms with Crippen LogP contribution in [0, 0.1) is 11.8 Å². The van der Waals surface area contributed by atoms with Crippen LogP contribution in [0.3, 0.4) is 0 Å². The lowest BCUT2D eigenvalue weighted by Crippen LogP contribution is -2.59. The average Bonchev–Trinajstić information content (AvgIpc) is 3.16. The molecule has 2 fully saturated rings. The zero-order valence-electron chi connectivity index (χ0n) is 42.6. The fourth-order valence-electron chi connectivity index (χ4n) is 7.28. The molecule has 1 N–H and O–H groups in total. The molecule has 362 valence electrons. The number of carbonyl (C=O) groups excluding carboxylic acids is 3. The molecule has 0 saturated carbocycles. The molecule has 63 heavy (non-hydrogen) atoms. The molecule has 0 amide bonds. The van der Waals surface area contributed by atoms with Crippen LogP contribution in [0.1, 0.15) is 120 Å². The quantitative estimate of drug-likeness (QED) is 0.0329. The van der Waals surface area contributed by atoms with Crippen molar-refractivity contribution in [2.75, 3.05) is 19.8 Å². The number of esters is 3. The van der Waals surface area contributed by atoms with Gasteiger partial charge in [-0.25, -0.2) is 4.79 Å². The van der Waals surface area contributed by atoms with Crippen molar-refractivity contribution < 1.29 is 47.6 Å². The Bertz CT molecular complexity index is 1580. The van der Waals surface area contributed by atoms with E-state index in [1.165, 1.54) is 6.08 Å². The molecule has 2 aliphatic heterocycles. The van der Waals surface area contributed by atoms with Crippen molar-refractivity contribution in [3.63, 3.8) is 0 Å². The van der Waals surface area contributed by atoms with E-state index < -0.39 is 53.9 Å². The van der Waals surface area contributed by atoms with Crippen LogP contribution in [0.15, 0.2) is 47.6 Å². The molecule has 0 aromatic heterocycles.